The number of hydrogen-bond donors (Lipinski definition) is 0. The van der Waals surface area contributed by atoms with Crippen molar-refractivity contribution in [1.29, 1.82) is 0 Å². The van der Waals surface area contributed by atoms with Crippen molar-refractivity contribution < 1.29 is 35.9 Å². The minimum absolute atomic E-state index is 0.0152. The number of halogens is 6. The predicted octanol–water partition coefficient (Wildman–Crippen LogP) is 9.02. The lowest BCUT2D eigenvalue weighted by molar-refractivity contribution is -0.144. The van der Waals surface area contributed by atoms with Crippen LogP contribution < -0.4 is 0 Å². The van der Waals surface area contributed by atoms with Gasteiger partial charge in [0.25, 0.3) is 0 Å². The van der Waals surface area contributed by atoms with E-state index in [1.54, 1.807) is 11.1 Å². The number of alkyl halides is 6. The fraction of sp³-hybridized carbons (Fsp3) is 0.195. The number of hydrogen-bond acceptors (Lipinski definition) is 3. The molecule has 2 heterocycles. The molecular weight excluding hydrogens is 680 g/mol. The van der Waals surface area contributed by atoms with Crippen LogP contribution in [0.3, 0.4) is 0 Å². The first-order chi connectivity index (χ1) is 24.8. The summed E-state index contributed by atoms with van der Waals surface area (Å²) in [4.78, 5) is 36.1. The molecule has 52 heavy (non-hydrogen) atoms. The van der Waals surface area contributed by atoms with E-state index in [1.807, 2.05) is 72.8 Å². The zero-order chi connectivity index (χ0) is 36.9. The van der Waals surface area contributed by atoms with Crippen LogP contribution in [0.1, 0.15) is 38.9 Å². The lowest BCUT2D eigenvalue weighted by atomic mass is 9.95. The average molecular weight is 714 g/mol. The van der Waals surface area contributed by atoms with Crippen molar-refractivity contribution in [3.05, 3.63) is 166 Å². The highest BCUT2D eigenvalue weighted by atomic mass is 19.4. The quantitative estimate of drug-likeness (QED) is 0.113. The van der Waals surface area contributed by atoms with Crippen molar-refractivity contribution in [1.82, 2.24) is 14.8 Å². The van der Waals surface area contributed by atoms with Crippen LogP contribution in [0.15, 0.2) is 128 Å². The number of pyridine rings is 1. The van der Waals surface area contributed by atoms with Gasteiger partial charge in [0.05, 0.1) is 16.8 Å². The highest BCUT2D eigenvalue weighted by molar-refractivity contribution is 5.96. The Bertz CT molecular complexity index is 2030. The maximum Gasteiger partial charge on any atom is 0.416 e. The number of amides is 2. The first kappa shape index (κ1) is 36.1. The summed E-state index contributed by atoms with van der Waals surface area (Å²) in [7, 11) is 0. The molecular formula is C41H33F6N3O2. The van der Waals surface area contributed by atoms with Crippen molar-refractivity contribution in [2.45, 2.75) is 44.3 Å². The lowest BCUT2D eigenvalue weighted by Gasteiger charge is -2.37. The van der Waals surface area contributed by atoms with E-state index in [9.17, 15) is 35.9 Å². The summed E-state index contributed by atoms with van der Waals surface area (Å²) in [6.45, 7) is 0.238. The Kier molecular flexibility index (Phi) is 10.6. The van der Waals surface area contributed by atoms with Gasteiger partial charge >= 0.3 is 12.4 Å². The molecule has 0 aliphatic carbocycles. The monoisotopic (exact) mass is 713 g/mol. The van der Waals surface area contributed by atoms with Gasteiger partial charge in [0.2, 0.25) is 11.8 Å². The zero-order valence-electron chi connectivity index (χ0n) is 27.7. The first-order valence-corrected chi connectivity index (χ1v) is 16.5. The van der Waals surface area contributed by atoms with Gasteiger partial charge in [0, 0.05) is 43.9 Å². The molecule has 1 unspecified atom stereocenters. The molecule has 0 fully saturated rings. The molecule has 0 saturated heterocycles. The molecule has 1 aliphatic heterocycles. The summed E-state index contributed by atoms with van der Waals surface area (Å²) in [5.74, 6) is -0.925. The highest BCUT2D eigenvalue weighted by Gasteiger charge is 2.36. The largest absolute Gasteiger partial charge is 0.416 e. The normalized spacial score (nSPS) is 13.8. The molecule has 11 heteroatoms. The van der Waals surface area contributed by atoms with E-state index in [1.165, 1.54) is 35.3 Å². The van der Waals surface area contributed by atoms with Gasteiger partial charge in [-0.2, -0.15) is 26.3 Å². The molecule has 5 aromatic rings. The third-order valence-corrected chi connectivity index (χ3v) is 9.00. The molecule has 6 rings (SSSR count). The summed E-state index contributed by atoms with van der Waals surface area (Å²) in [5.41, 5.74) is 2.99. The highest BCUT2D eigenvalue weighted by Crippen LogP contribution is 2.33. The van der Waals surface area contributed by atoms with Crippen LogP contribution >= 0.6 is 0 Å². The van der Waals surface area contributed by atoms with E-state index in [4.69, 9.17) is 0 Å². The Morgan fingerprint density at radius 3 is 2.08 bits per heavy atom. The second-order valence-corrected chi connectivity index (χ2v) is 12.5. The maximum atomic E-state index is 14.5. The smallest absolute Gasteiger partial charge is 0.336 e. The predicted molar refractivity (Wildman–Crippen MR) is 185 cm³/mol. The fourth-order valence-corrected chi connectivity index (χ4v) is 6.20. The summed E-state index contributed by atoms with van der Waals surface area (Å²) < 4.78 is 79.7. The van der Waals surface area contributed by atoms with Crippen LogP contribution in [0.25, 0.3) is 17.3 Å². The second kappa shape index (κ2) is 15.3. The van der Waals surface area contributed by atoms with Crippen LogP contribution in [0, 0.1) is 0 Å². The van der Waals surface area contributed by atoms with Crippen molar-refractivity contribution >= 4 is 17.9 Å². The van der Waals surface area contributed by atoms with Crippen molar-refractivity contribution in [2.75, 3.05) is 6.54 Å². The zero-order valence-corrected chi connectivity index (χ0v) is 27.7. The van der Waals surface area contributed by atoms with Gasteiger partial charge in [-0.1, -0.05) is 78.9 Å². The molecule has 5 nitrogen and oxygen atoms in total. The molecule has 1 atom stereocenters. The molecule has 1 aliphatic rings. The Hall–Kier alpha value is -5.71. The number of benzene rings is 4. The van der Waals surface area contributed by atoms with E-state index in [-0.39, 0.29) is 38.4 Å². The number of rotatable bonds is 9. The first-order valence-electron chi connectivity index (χ1n) is 16.5. The molecule has 0 N–H and O–H groups in total. The number of fused-ring (bicyclic) bond motifs is 1. The van der Waals surface area contributed by atoms with Crippen molar-refractivity contribution in [3.63, 3.8) is 0 Å². The Morgan fingerprint density at radius 1 is 0.750 bits per heavy atom. The van der Waals surface area contributed by atoms with E-state index >= 15 is 0 Å². The van der Waals surface area contributed by atoms with E-state index in [0.717, 1.165) is 41.1 Å². The fourth-order valence-electron chi connectivity index (χ4n) is 6.20. The van der Waals surface area contributed by atoms with Crippen LogP contribution in [-0.2, 0) is 47.9 Å². The van der Waals surface area contributed by atoms with E-state index < -0.39 is 35.4 Å². The molecule has 266 valence electrons. The van der Waals surface area contributed by atoms with Gasteiger partial charge in [-0.05, 0) is 76.7 Å². The Labute approximate surface area is 296 Å². The van der Waals surface area contributed by atoms with Crippen LogP contribution in [0.2, 0.25) is 0 Å². The molecule has 0 saturated carbocycles. The van der Waals surface area contributed by atoms with Gasteiger partial charge in [-0.25, -0.2) is 0 Å². The minimum Gasteiger partial charge on any atom is -0.336 e. The van der Waals surface area contributed by atoms with Gasteiger partial charge in [0.15, 0.2) is 0 Å². The third-order valence-electron chi connectivity index (χ3n) is 9.00. The van der Waals surface area contributed by atoms with Gasteiger partial charge in [-0.3, -0.25) is 14.6 Å². The number of aromatic nitrogens is 1. The van der Waals surface area contributed by atoms with Crippen molar-refractivity contribution in [2.24, 2.45) is 0 Å². The molecule has 2 amide bonds. The van der Waals surface area contributed by atoms with Crippen LogP contribution in [0.5, 0.6) is 0 Å². The summed E-state index contributed by atoms with van der Waals surface area (Å²) in [6.07, 6.45) is -4.34. The summed E-state index contributed by atoms with van der Waals surface area (Å²) in [6, 6.07) is 29.0. The molecule has 0 bridgehead atoms. The standard InChI is InChI=1S/C41H33F6N3O2/c42-40(43,44)34-17-11-28(12-18-34)13-20-38(51)50(26-30-9-14-31(15-10-30)36-8-4-5-22-48-36)37(24-29-6-2-1-3-7-29)39(52)49-23-21-32-25-35(41(45,46)47)19-16-33(32)27-49/h1-20,22,25,37H,21,23-24,26-27H2. The van der Waals surface area contributed by atoms with Gasteiger partial charge in [0.1, 0.15) is 6.04 Å². The number of carbonyl (C=O) groups excluding carboxylic acids is 2. The average Bonchev–Trinajstić information content (AvgIpc) is 3.15. The molecule has 0 radical (unpaired) electrons. The third kappa shape index (κ3) is 8.77. The van der Waals surface area contributed by atoms with E-state index in [0.29, 0.717) is 22.3 Å². The molecule has 4 aromatic carbocycles. The minimum atomic E-state index is -4.51. The summed E-state index contributed by atoms with van der Waals surface area (Å²) >= 11 is 0. The van der Waals surface area contributed by atoms with Crippen molar-refractivity contribution in [3.8, 4) is 11.3 Å². The van der Waals surface area contributed by atoms with Gasteiger partial charge in [-0.15, -0.1) is 0 Å². The Balaban J connectivity index is 1.34. The van der Waals surface area contributed by atoms with Crippen LogP contribution in [-0.4, -0.2) is 39.2 Å². The van der Waals surface area contributed by atoms with Gasteiger partial charge < -0.3 is 9.80 Å². The molecule has 1 aromatic heterocycles. The lowest BCUT2D eigenvalue weighted by Crippen LogP contribution is -2.52. The summed E-state index contributed by atoms with van der Waals surface area (Å²) in [5, 5.41) is 0. The van der Waals surface area contributed by atoms with Crippen LogP contribution in [0.4, 0.5) is 26.3 Å². The van der Waals surface area contributed by atoms with E-state index in [2.05, 4.69) is 4.98 Å². The topological polar surface area (TPSA) is 53.5 Å². The second-order valence-electron chi connectivity index (χ2n) is 12.5. The maximum absolute atomic E-state index is 14.5. The molecule has 0 spiro atoms. The SMILES string of the molecule is O=C(C(Cc1ccccc1)N(Cc1ccc(-c2ccccn2)cc1)C(=O)C=Cc1ccc(C(F)(F)F)cc1)N1CCc2cc(C(F)(F)F)ccc2C1. The Morgan fingerprint density at radius 2 is 1.42 bits per heavy atom. The number of nitrogens with zero attached hydrogens (tertiary/aromatic N) is 3. The number of carbonyl (C=O) groups is 2.